The van der Waals surface area contributed by atoms with E-state index in [1.165, 1.54) is 16.2 Å². The average molecular weight is 331 g/mol. The molecule has 2 aliphatic rings. The van der Waals surface area contributed by atoms with Crippen LogP contribution in [0.5, 0.6) is 5.75 Å². The molecule has 2 amide bonds. The second-order valence-corrected chi connectivity index (χ2v) is 6.41. The Kier molecular flexibility index (Phi) is 3.34. The molecule has 1 fully saturated rings. The Morgan fingerprint density at radius 1 is 1.57 bits per heavy atom. The van der Waals surface area contributed by atoms with Crippen molar-refractivity contribution < 1.29 is 13.9 Å². The number of aromatic nitrogens is 1. The van der Waals surface area contributed by atoms with E-state index >= 15 is 0 Å². The summed E-state index contributed by atoms with van der Waals surface area (Å²) >= 11 is 1.41. The molecule has 1 aromatic carbocycles. The summed E-state index contributed by atoms with van der Waals surface area (Å²) < 4.78 is 19.7. The molecule has 5 nitrogen and oxygen atoms in total. The van der Waals surface area contributed by atoms with Crippen molar-refractivity contribution in [3.63, 3.8) is 0 Å². The molecule has 1 aromatic heterocycles. The molecule has 1 N–H and O–H groups in total. The zero-order chi connectivity index (χ0) is 16.0. The van der Waals surface area contributed by atoms with Crippen LogP contribution in [0, 0.1) is 11.8 Å². The van der Waals surface area contributed by atoms with Gasteiger partial charge in [-0.3, -0.25) is 4.90 Å². The van der Waals surface area contributed by atoms with Crippen LogP contribution in [-0.2, 0) is 6.42 Å². The first-order valence-electron chi connectivity index (χ1n) is 7.36. The number of anilines is 1. The molecule has 23 heavy (non-hydrogen) atoms. The Morgan fingerprint density at radius 2 is 2.43 bits per heavy atom. The highest BCUT2D eigenvalue weighted by Gasteiger charge is 2.41. The number of hydrogen-bond acceptors (Lipinski definition) is 4. The minimum absolute atomic E-state index is 0.354. The molecule has 4 rings (SSSR count). The molecule has 0 bridgehead atoms. The molecule has 1 saturated heterocycles. The third-order valence-corrected chi connectivity index (χ3v) is 5.09. The number of carbonyl (C=O) groups is 1. The van der Waals surface area contributed by atoms with Gasteiger partial charge in [0, 0.05) is 12.0 Å². The van der Waals surface area contributed by atoms with Crippen molar-refractivity contribution in [1.82, 2.24) is 10.3 Å². The molecule has 0 aliphatic carbocycles. The van der Waals surface area contributed by atoms with Crippen LogP contribution in [0.4, 0.5) is 14.3 Å². The zero-order valence-corrected chi connectivity index (χ0v) is 13.2. The van der Waals surface area contributed by atoms with E-state index in [1.807, 2.05) is 12.1 Å². The fraction of sp³-hybridized carbons (Fsp3) is 0.375. The molecular formula is C16H14FN3O2S. The van der Waals surface area contributed by atoms with Crippen molar-refractivity contribution in [1.29, 1.82) is 0 Å². The van der Waals surface area contributed by atoms with Crippen molar-refractivity contribution in [3.8, 4) is 17.6 Å². The van der Waals surface area contributed by atoms with Crippen molar-refractivity contribution in [3.05, 3.63) is 17.7 Å². The maximum Gasteiger partial charge on any atom is 0.325 e. The molecule has 2 aliphatic heterocycles. The molecule has 7 heteroatoms. The topological polar surface area (TPSA) is 54.5 Å². The Bertz CT molecular complexity index is 854. The number of benzene rings is 1. The molecule has 2 atom stereocenters. The number of ether oxygens (including phenoxy) is 1. The van der Waals surface area contributed by atoms with E-state index in [0.29, 0.717) is 11.7 Å². The Morgan fingerprint density at radius 3 is 3.22 bits per heavy atom. The van der Waals surface area contributed by atoms with Crippen molar-refractivity contribution in [2.75, 3.05) is 18.2 Å². The van der Waals surface area contributed by atoms with Crippen LogP contribution in [-0.4, -0.2) is 36.4 Å². The van der Waals surface area contributed by atoms with E-state index in [1.54, 1.807) is 6.92 Å². The third kappa shape index (κ3) is 2.13. The van der Waals surface area contributed by atoms with Gasteiger partial charge < -0.3 is 10.1 Å². The summed E-state index contributed by atoms with van der Waals surface area (Å²) in [6.07, 6.45) is 0.813. The lowest BCUT2D eigenvalue weighted by Crippen LogP contribution is -2.36. The van der Waals surface area contributed by atoms with Crippen LogP contribution in [0.15, 0.2) is 12.1 Å². The number of urea groups is 1. The largest absolute Gasteiger partial charge is 0.493 e. The van der Waals surface area contributed by atoms with Crippen LogP contribution in [0.25, 0.3) is 10.2 Å². The SMILES string of the molecule is CC#C[C@H]1[C@H](CF)NC(=O)N1c1nc2c3c(ccc2s1)OCC3. The van der Waals surface area contributed by atoms with Gasteiger partial charge in [-0.15, -0.1) is 5.92 Å². The fourth-order valence-corrected chi connectivity index (χ4v) is 4.05. The summed E-state index contributed by atoms with van der Waals surface area (Å²) in [4.78, 5) is 18.4. The van der Waals surface area contributed by atoms with Gasteiger partial charge in [-0.25, -0.2) is 14.2 Å². The highest BCUT2D eigenvalue weighted by Crippen LogP contribution is 2.38. The Hall–Kier alpha value is -2.33. The number of hydrogen-bond donors (Lipinski definition) is 1. The highest BCUT2D eigenvalue weighted by atomic mass is 32.1. The lowest BCUT2D eigenvalue weighted by molar-refractivity contribution is 0.249. The maximum absolute atomic E-state index is 13.2. The monoisotopic (exact) mass is 331 g/mol. The Balaban J connectivity index is 1.81. The van der Waals surface area contributed by atoms with Crippen molar-refractivity contribution >= 4 is 32.7 Å². The van der Waals surface area contributed by atoms with E-state index in [0.717, 1.165) is 28.0 Å². The lowest BCUT2D eigenvalue weighted by Gasteiger charge is -2.17. The van der Waals surface area contributed by atoms with Gasteiger partial charge in [-0.2, -0.15) is 0 Å². The van der Waals surface area contributed by atoms with Crippen molar-refractivity contribution in [2.45, 2.75) is 25.4 Å². The van der Waals surface area contributed by atoms with Gasteiger partial charge in [0.1, 0.15) is 18.5 Å². The first kappa shape index (κ1) is 14.3. The molecular weight excluding hydrogens is 317 g/mol. The number of thiazole rings is 1. The predicted octanol–water partition coefficient (Wildman–Crippen LogP) is 2.49. The first-order valence-corrected chi connectivity index (χ1v) is 8.17. The van der Waals surface area contributed by atoms with E-state index in [9.17, 15) is 9.18 Å². The van der Waals surface area contributed by atoms with Gasteiger partial charge in [-0.05, 0) is 19.1 Å². The molecule has 3 heterocycles. The number of fused-ring (bicyclic) bond motifs is 3. The van der Waals surface area contributed by atoms with Gasteiger partial charge in [0.05, 0.1) is 22.9 Å². The number of alkyl halides is 1. The summed E-state index contributed by atoms with van der Waals surface area (Å²) in [6.45, 7) is 1.67. The minimum Gasteiger partial charge on any atom is -0.493 e. The summed E-state index contributed by atoms with van der Waals surface area (Å²) in [5, 5.41) is 3.18. The van der Waals surface area contributed by atoms with Crippen LogP contribution in [0.1, 0.15) is 12.5 Å². The minimum atomic E-state index is -0.657. The van der Waals surface area contributed by atoms with Crippen LogP contribution < -0.4 is 15.0 Å². The first-order chi connectivity index (χ1) is 11.2. The van der Waals surface area contributed by atoms with Gasteiger partial charge in [0.25, 0.3) is 0 Å². The summed E-state index contributed by atoms with van der Waals surface area (Å²) in [6, 6.07) is 2.36. The Labute approximate surface area is 136 Å². The number of halogens is 1. The average Bonchev–Trinajstić information content (AvgIpc) is 3.22. The molecule has 118 valence electrons. The fourth-order valence-electron chi connectivity index (χ4n) is 3.02. The zero-order valence-electron chi connectivity index (χ0n) is 12.4. The van der Waals surface area contributed by atoms with Gasteiger partial charge in [0.2, 0.25) is 0 Å². The maximum atomic E-state index is 13.2. The number of carbonyl (C=O) groups excluding carboxylic acids is 1. The van der Waals surface area contributed by atoms with Gasteiger partial charge in [-0.1, -0.05) is 17.3 Å². The number of rotatable bonds is 2. The lowest BCUT2D eigenvalue weighted by atomic mass is 10.1. The van der Waals surface area contributed by atoms with E-state index in [-0.39, 0.29) is 6.03 Å². The summed E-state index contributed by atoms with van der Waals surface area (Å²) in [5.41, 5.74) is 1.93. The second kappa shape index (κ2) is 5.39. The van der Waals surface area contributed by atoms with Crippen LogP contribution in [0.3, 0.4) is 0 Å². The number of nitrogens with zero attached hydrogens (tertiary/aromatic N) is 2. The molecule has 0 radical (unpaired) electrons. The normalized spacial score (nSPS) is 22.5. The van der Waals surface area contributed by atoms with Crippen LogP contribution in [0.2, 0.25) is 0 Å². The van der Waals surface area contributed by atoms with Gasteiger partial charge >= 0.3 is 6.03 Å². The molecule has 0 unspecified atom stereocenters. The standard InChI is InChI=1S/C16H14FN3O2S/c1-2-3-11-10(8-17)18-15(21)20(11)16-19-14-9-6-7-22-12(9)4-5-13(14)23-16/h4-5,10-11H,6-8H2,1H3,(H,18,21)/t10-,11-/m0/s1. The molecule has 0 saturated carbocycles. The highest BCUT2D eigenvalue weighted by molar-refractivity contribution is 7.22. The quantitative estimate of drug-likeness (QED) is 0.860. The van der Waals surface area contributed by atoms with Gasteiger partial charge in [0.15, 0.2) is 5.13 Å². The smallest absolute Gasteiger partial charge is 0.325 e. The number of amides is 2. The number of nitrogens with one attached hydrogen (secondary N) is 1. The summed E-state index contributed by atoms with van der Waals surface area (Å²) in [5.74, 6) is 6.55. The van der Waals surface area contributed by atoms with Crippen LogP contribution >= 0.6 is 11.3 Å². The van der Waals surface area contributed by atoms with E-state index in [4.69, 9.17) is 4.74 Å². The summed E-state index contributed by atoms with van der Waals surface area (Å²) in [7, 11) is 0. The second-order valence-electron chi connectivity index (χ2n) is 5.40. The third-order valence-electron chi connectivity index (χ3n) is 4.07. The molecule has 2 aromatic rings. The van der Waals surface area contributed by atoms with E-state index < -0.39 is 18.8 Å². The predicted molar refractivity (Wildman–Crippen MR) is 86.8 cm³/mol. The van der Waals surface area contributed by atoms with Crippen molar-refractivity contribution in [2.24, 2.45) is 0 Å². The molecule has 0 spiro atoms. The van der Waals surface area contributed by atoms with E-state index in [2.05, 4.69) is 22.1 Å².